The Morgan fingerprint density at radius 3 is 2.88 bits per heavy atom. The van der Waals surface area contributed by atoms with Crippen LogP contribution in [0.5, 0.6) is 0 Å². The SMILES string of the molecule is COC1=C(c2ccnc(C)c2)CCC(N)=C1. The van der Waals surface area contributed by atoms with E-state index in [9.17, 15) is 0 Å². The van der Waals surface area contributed by atoms with Crippen molar-refractivity contribution in [3.05, 3.63) is 47.1 Å². The molecule has 0 amide bonds. The second kappa shape index (κ2) is 4.39. The first-order chi connectivity index (χ1) is 7.70. The molecule has 1 aromatic heterocycles. The highest BCUT2D eigenvalue weighted by atomic mass is 16.5. The minimum atomic E-state index is 0.870. The van der Waals surface area contributed by atoms with E-state index in [1.807, 2.05) is 25.3 Å². The molecule has 0 saturated heterocycles. The van der Waals surface area contributed by atoms with Crippen molar-refractivity contribution in [3.8, 4) is 0 Å². The van der Waals surface area contributed by atoms with Crippen molar-refractivity contribution >= 4 is 5.57 Å². The molecule has 0 aliphatic heterocycles. The van der Waals surface area contributed by atoms with Crippen molar-refractivity contribution in [2.75, 3.05) is 7.11 Å². The lowest BCUT2D eigenvalue weighted by atomic mass is 9.95. The summed E-state index contributed by atoms with van der Waals surface area (Å²) in [4.78, 5) is 4.20. The number of pyridine rings is 1. The summed E-state index contributed by atoms with van der Waals surface area (Å²) in [6.07, 6.45) is 5.56. The molecule has 0 unspecified atom stereocenters. The van der Waals surface area contributed by atoms with E-state index in [2.05, 4.69) is 11.1 Å². The van der Waals surface area contributed by atoms with Gasteiger partial charge in [0.25, 0.3) is 0 Å². The maximum absolute atomic E-state index is 5.81. The Kier molecular flexibility index (Phi) is 2.95. The zero-order valence-corrected chi connectivity index (χ0v) is 9.66. The third-order valence-electron chi connectivity index (χ3n) is 2.74. The van der Waals surface area contributed by atoms with E-state index in [1.54, 1.807) is 7.11 Å². The number of hydrogen-bond acceptors (Lipinski definition) is 3. The highest BCUT2D eigenvalue weighted by molar-refractivity contribution is 5.71. The van der Waals surface area contributed by atoms with E-state index >= 15 is 0 Å². The van der Waals surface area contributed by atoms with Crippen LogP contribution < -0.4 is 5.73 Å². The molecule has 0 aromatic carbocycles. The zero-order valence-electron chi connectivity index (χ0n) is 9.66. The molecule has 84 valence electrons. The molecule has 0 fully saturated rings. The van der Waals surface area contributed by atoms with Gasteiger partial charge in [0.15, 0.2) is 0 Å². The van der Waals surface area contributed by atoms with Gasteiger partial charge in [0.2, 0.25) is 0 Å². The molecular weight excluding hydrogens is 200 g/mol. The van der Waals surface area contributed by atoms with Crippen LogP contribution in [0.4, 0.5) is 0 Å². The first-order valence-electron chi connectivity index (χ1n) is 5.37. The molecular formula is C13H16N2O. The molecule has 0 saturated carbocycles. The van der Waals surface area contributed by atoms with Gasteiger partial charge in [0, 0.05) is 23.2 Å². The van der Waals surface area contributed by atoms with Crippen molar-refractivity contribution in [2.24, 2.45) is 5.73 Å². The van der Waals surface area contributed by atoms with E-state index in [1.165, 1.54) is 11.1 Å². The molecule has 0 radical (unpaired) electrons. The fraction of sp³-hybridized carbons (Fsp3) is 0.308. The molecule has 1 aliphatic carbocycles. The Balaban J connectivity index is 2.46. The predicted molar refractivity (Wildman–Crippen MR) is 64.4 cm³/mol. The van der Waals surface area contributed by atoms with E-state index in [4.69, 9.17) is 10.5 Å². The summed E-state index contributed by atoms with van der Waals surface area (Å²) in [5.41, 5.74) is 10.1. The number of aryl methyl sites for hydroxylation is 1. The van der Waals surface area contributed by atoms with E-state index in [-0.39, 0.29) is 0 Å². The van der Waals surface area contributed by atoms with Gasteiger partial charge in [0.1, 0.15) is 5.76 Å². The van der Waals surface area contributed by atoms with Gasteiger partial charge in [-0.2, -0.15) is 0 Å². The standard InChI is InChI=1S/C13H16N2O/c1-9-7-10(5-6-15-9)12-4-3-11(14)8-13(12)16-2/h5-8H,3-4,14H2,1-2H3. The Morgan fingerprint density at radius 1 is 1.38 bits per heavy atom. The third kappa shape index (κ3) is 2.08. The van der Waals surface area contributed by atoms with Crippen molar-refractivity contribution in [3.63, 3.8) is 0 Å². The monoisotopic (exact) mass is 216 g/mol. The summed E-state index contributed by atoms with van der Waals surface area (Å²) in [6.45, 7) is 1.99. The molecule has 16 heavy (non-hydrogen) atoms. The quantitative estimate of drug-likeness (QED) is 0.825. The number of allylic oxidation sites excluding steroid dienone is 3. The Morgan fingerprint density at radius 2 is 2.19 bits per heavy atom. The maximum atomic E-state index is 5.81. The van der Waals surface area contributed by atoms with E-state index in [0.29, 0.717) is 0 Å². The first-order valence-corrected chi connectivity index (χ1v) is 5.37. The third-order valence-corrected chi connectivity index (χ3v) is 2.74. The number of aromatic nitrogens is 1. The molecule has 1 aliphatic rings. The van der Waals surface area contributed by atoms with Crippen LogP contribution in [0, 0.1) is 6.92 Å². The molecule has 3 nitrogen and oxygen atoms in total. The van der Waals surface area contributed by atoms with E-state index in [0.717, 1.165) is 30.0 Å². The van der Waals surface area contributed by atoms with Gasteiger partial charge < -0.3 is 10.5 Å². The van der Waals surface area contributed by atoms with Gasteiger partial charge in [-0.1, -0.05) is 0 Å². The fourth-order valence-electron chi connectivity index (χ4n) is 1.92. The van der Waals surface area contributed by atoms with Gasteiger partial charge in [-0.15, -0.1) is 0 Å². The molecule has 1 heterocycles. The summed E-state index contributed by atoms with van der Waals surface area (Å²) in [6, 6.07) is 4.08. The molecule has 2 rings (SSSR count). The average molecular weight is 216 g/mol. The summed E-state index contributed by atoms with van der Waals surface area (Å²) >= 11 is 0. The Labute approximate surface area is 95.6 Å². The average Bonchev–Trinajstić information content (AvgIpc) is 2.28. The van der Waals surface area contributed by atoms with Crippen molar-refractivity contribution in [2.45, 2.75) is 19.8 Å². The lowest BCUT2D eigenvalue weighted by Gasteiger charge is -2.17. The highest BCUT2D eigenvalue weighted by Crippen LogP contribution is 2.30. The number of rotatable bonds is 2. The van der Waals surface area contributed by atoms with Crippen LogP contribution in [-0.2, 0) is 4.74 Å². The van der Waals surface area contributed by atoms with Crippen LogP contribution in [0.2, 0.25) is 0 Å². The summed E-state index contributed by atoms with van der Waals surface area (Å²) in [5, 5.41) is 0. The highest BCUT2D eigenvalue weighted by Gasteiger charge is 2.14. The molecule has 3 heteroatoms. The number of nitrogens with zero attached hydrogens (tertiary/aromatic N) is 1. The van der Waals surface area contributed by atoms with Crippen LogP contribution in [0.3, 0.4) is 0 Å². The topological polar surface area (TPSA) is 48.1 Å². The normalized spacial score (nSPS) is 16.0. The Hall–Kier alpha value is -1.77. The first kappa shape index (κ1) is 10.7. The van der Waals surface area contributed by atoms with Crippen molar-refractivity contribution < 1.29 is 4.74 Å². The second-order valence-electron chi connectivity index (χ2n) is 3.95. The number of methoxy groups -OCH3 is 1. The summed E-state index contributed by atoms with van der Waals surface area (Å²) < 4.78 is 5.37. The maximum Gasteiger partial charge on any atom is 0.124 e. The minimum absolute atomic E-state index is 0.870. The van der Waals surface area contributed by atoms with Crippen LogP contribution in [0.15, 0.2) is 35.9 Å². The van der Waals surface area contributed by atoms with E-state index < -0.39 is 0 Å². The number of nitrogens with two attached hydrogens (primary N) is 1. The van der Waals surface area contributed by atoms with Gasteiger partial charge in [-0.3, -0.25) is 4.98 Å². The largest absolute Gasteiger partial charge is 0.496 e. The van der Waals surface area contributed by atoms with Crippen LogP contribution in [-0.4, -0.2) is 12.1 Å². The summed E-state index contributed by atoms with van der Waals surface area (Å²) in [5.74, 6) is 0.870. The fourth-order valence-corrected chi connectivity index (χ4v) is 1.92. The second-order valence-corrected chi connectivity index (χ2v) is 3.95. The smallest absolute Gasteiger partial charge is 0.124 e. The van der Waals surface area contributed by atoms with Crippen molar-refractivity contribution in [1.29, 1.82) is 0 Å². The van der Waals surface area contributed by atoms with Crippen molar-refractivity contribution in [1.82, 2.24) is 4.98 Å². The lowest BCUT2D eigenvalue weighted by molar-refractivity contribution is 0.305. The van der Waals surface area contributed by atoms with Crippen LogP contribution >= 0.6 is 0 Å². The number of hydrogen-bond donors (Lipinski definition) is 1. The van der Waals surface area contributed by atoms with Crippen LogP contribution in [0.1, 0.15) is 24.1 Å². The van der Waals surface area contributed by atoms with Crippen LogP contribution in [0.25, 0.3) is 5.57 Å². The predicted octanol–water partition coefficient (Wildman–Crippen LogP) is 2.38. The minimum Gasteiger partial charge on any atom is -0.496 e. The molecule has 1 aromatic rings. The van der Waals surface area contributed by atoms with Gasteiger partial charge in [0.05, 0.1) is 7.11 Å². The lowest BCUT2D eigenvalue weighted by Crippen LogP contribution is -2.06. The Bertz CT molecular complexity index is 461. The molecule has 0 atom stereocenters. The van der Waals surface area contributed by atoms with Gasteiger partial charge in [-0.25, -0.2) is 0 Å². The summed E-state index contributed by atoms with van der Waals surface area (Å²) in [7, 11) is 1.68. The van der Waals surface area contributed by atoms with Gasteiger partial charge >= 0.3 is 0 Å². The molecule has 0 bridgehead atoms. The number of ether oxygens (including phenoxy) is 1. The van der Waals surface area contributed by atoms with Gasteiger partial charge in [-0.05, 0) is 43.5 Å². The molecule has 2 N–H and O–H groups in total. The molecule has 0 spiro atoms. The zero-order chi connectivity index (χ0) is 11.5.